The fourth-order valence-corrected chi connectivity index (χ4v) is 3.63. The second-order valence-corrected chi connectivity index (χ2v) is 6.21. The Kier molecular flexibility index (Phi) is 3.89. The average molecular weight is 269 g/mol. The summed E-state index contributed by atoms with van der Waals surface area (Å²) >= 11 is 3.37. The number of thioether (sulfide) groups is 2. The van der Waals surface area contributed by atoms with Crippen LogP contribution in [0.1, 0.15) is 13.3 Å². The molecule has 0 amide bonds. The molecule has 1 aliphatic rings. The molecular weight excluding hydrogens is 254 g/mol. The van der Waals surface area contributed by atoms with Gasteiger partial charge in [0.2, 0.25) is 0 Å². The van der Waals surface area contributed by atoms with Crippen molar-refractivity contribution in [2.75, 3.05) is 11.6 Å². The van der Waals surface area contributed by atoms with Crippen LogP contribution in [0.25, 0.3) is 0 Å². The quantitative estimate of drug-likeness (QED) is 0.825. The van der Waals surface area contributed by atoms with Gasteiger partial charge < -0.3 is 10.4 Å². The fourth-order valence-electron chi connectivity index (χ4n) is 1.84. The molecular formula is C12H15NO2S2. The third-order valence-electron chi connectivity index (χ3n) is 2.78. The first-order valence-corrected chi connectivity index (χ1v) is 7.53. The Morgan fingerprint density at radius 3 is 3.00 bits per heavy atom. The zero-order valence-corrected chi connectivity index (χ0v) is 11.4. The number of carboxylic acid groups (broad SMARTS) is 1. The maximum atomic E-state index is 10.8. The molecule has 1 aliphatic heterocycles. The number of nitrogens with one attached hydrogen (secondary N) is 1. The Bertz CT molecular complexity index is 437. The first-order chi connectivity index (χ1) is 8.10. The van der Waals surface area contributed by atoms with Crippen LogP contribution < -0.4 is 5.32 Å². The van der Waals surface area contributed by atoms with Gasteiger partial charge in [-0.2, -0.15) is 0 Å². The molecule has 2 atom stereocenters. The van der Waals surface area contributed by atoms with E-state index in [-0.39, 0.29) is 17.7 Å². The summed E-state index contributed by atoms with van der Waals surface area (Å²) in [6.45, 7) is 2.03. The van der Waals surface area contributed by atoms with Gasteiger partial charge in [-0.15, -0.1) is 23.5 Å². The van der Waals surface area contributed by atoms with Gasteiger partial charge in [-0.1, -0.05) is 0 Å². The topological polar surface area (TPSA) is 49.3 Å². The van der Waals surface area contributed by atoms with Crippen molar-refractivity contribution in [2.45, 2.75) is 34.4 Å². The van der Waals surface area contributed by atoms with E-state index in [0.29, 0.717) is 0 Å². The van der Waals surface area contributed by atoms with E-state index >= 15 is 0 Å². The first-order valence-electron chi connectivity index (χ1n) is 5.43. The van der Waals surface area contributed by atoms with Crippen molar-refractivity contribution in [3.63, 3.8) is 0 Å². The molecule has 2 N–H and O–H groups in total. The summed E-state index contributed by atoms with van der Waals surface area (Å²) in [7, 11) is 0. The molecule has 1 heterocycles. The molecule has 5 heteroatoms. The third-order valence-corrected chi connectivity index (χ3v) is 4.98. The van der Waals surface area contributed by atoms with Crippen LogP contribution in [-0.2, 0) is 4.79 Å². The number of carbonyl (C=O) groups is 1. The summed E-state index contributed by atoms with van der Waals surface area (Å²) in [6, 6.07) is 6.46. The van der Waals surface area contributed by atoms with E-state index in [4.69, 9.17) is 5.11 Å². The fraction of sp³-hybridized carbons (Fsp3) is 0.417. The van der Waals surface area contributed by atoms with Crippen molar-refractivity contribution in [3.8, 4) is 0 Å². The Hall–Kier alpha value is -0.810. The second kappa shape index (κ2) is 5.23. The van der Waals surface area contributed by atoms with Gasteiger partial charge in [0.05, 0.1) is 6.42 Å². The number of hydrogen-bond acceptors (Lipinski definition) is 4. The normalized spacial score (nSPS) is 22.7. The minimum absolute atomic E-state index is 0.0945. The van der Waals surface area contributed by atoms with Crippen LogP contribution in [0.3, 0.4) is 0 Å². The number of anilines is 1. The van der Waals surface area contributed by atoms with Crippen molar-refractivity contribution in [1.29, 1.82) is 0 Å². The highest BCUT2D eigenvalue weighted by Crippen LogP contribution is 2.40. The van der Waals surface area contributed by atoms with Crippen molar-refractivity contribution in [2.24, 2.45) is 0 Å². The van der Waals surface area contributed by atoms with Crippen molar-refractivity contribution in [1.82, 2.24) is 0 Å². The summed E-state index contributed by atoms with van der Waals surface area (Å²) in [5, 5.41) is 12.4. The number of hydrogen-bond donors (Lipinski definition) is 2. The zero-order valence-electron chi connectivity index (χ0n) is 9.77. The van der Waals surface area contributed by atoms with Crippen LogP contribution in [0.2, 0.25) is 0 Å². The highest BCUT2D eigenvalue weighted by molar-refractivity contribution is 8.00. The Morgan fingerprint density at radius 1 is 1.59 bits per heavy atom. The molecule has 1 aromatic carbocycles. The van der Waals surface area contributed by atoms with Gasteiger partial charge in [-0.25, -0.2) is 0 Å². The molecule has 0 aliphatic carbocycles. The van der Waals surface area contributed by atoms with E-state index in [1.54, 1.807) is 23.5 Å². The lowest BCUT2D eigenvalue weighted by atomic mass is 10.1. The summed E-state index contributed by atoms with van der Waals surface area (Å²) in [6.07, 6.45) is 2.24. The molecule has 92 valence electrons. The van der Waals surface area contributed by atoms with Crippen LogP contribution in [0.4, 0.5) is 5.69 Å². The van der Waals surface area contributed by atoms with Gasteiger partial charge in [-0.3, -0.25) is 4.79 Å². The van der Waals surface area contributed by atoms with Gasteiger partial charge >= 0.3 is 5.97 Å². The molecule has 0 radical (unpaired) electrons. The van der Waals surface area contributed by atoms with Crippen LogP contribution in [0, 0.1) is 0 Å². The summed E-state index contributed by atoms with van der Waals surface area (Å²) in [5.41, 5.74) is 1.11. The predicted molar refractivity (Wildman–Crippen MR) is 73.2 cm³/mol. The van der Waals surface area contributed by atoms with Gasteiger partial charge in [0.1, 0.15) is 0 Å². The Balaban J connectivity index is 2.22. The van der Waals surface area contributed by atoms with Crippen LogP contribution in [0.15, 0.2) is 28.0 Å². The van der Waals surface area contributed by atoms with Crippen LogP contribution >= 0.6 is 23.5 Å². The average Bonchev–Trinajstić information content (AvgIpc) is 2.29. The lowest BCUT2D eigenvalue weighted by Crippen LogP contribution is -2.33. The van der Waals surface area contributed by atoms with Gasteiger partial charge in [0, 0.05) is 26.8 Å². The largest absolute Gasteiger partial charge is 0.481 e. The molecule has 0 saturated heterocycles. The van der Waals surface area contributed by atoms with E-state index in [1.165, 1.54) is 4.90 Å². The van der Waals surface area contributed by atoms with Gasteiger partial charge in [0.15, 0.2) is 0 Å². The van der Waals surface area contributed by atoms with E-state index in [2.05, 4.69) is 23.5 Å². The number of rotatable bonds is 3. The van der Waals surface area contributed by atoms with Crippen molar-refractivity contribution >= 4 is 35.2 Å². The lowest BCUT2D eigenvalue weighted by molar-refractivity contribution is -0.137. The smallest absolute Gasteiger partial charge is 0.304 e. The minimum Gasteiger partial charge on any atom is -0.481 e. The van der Waals surface area contributed by atoms with E-state index in [1.807, 2.05) is 13.2 Å². The zero-order chi connectivity index (χ0) is 12.4. The Morgan fingerprint density at radius 2 is 2.35 bits per heavy atom. The number of carboxylic acids is 1. The minimum atomic E-state index is -0.736. The van der Waals surface area contributed by atoms with Crippen LogP contribution in [0.5, 0.6) is 0 Å². The monoisotopic (exact) mass is 269 g/mol. The lowest BCUT2D eigenvalue weighted by Gasteiger charge is -2.31. The molecule has 17 heavy (non-hydrogen) atoms. The molecule has 0 aromatic heterocycles. The molecule has 1 aromatic rings. The molecule has 3 nitrogen and oxygen atoms in total. The summed E-state index contributed by atoms with van der Waals surface area (Å²) in [5.74, 6) is -0.736. The number of aliphatic carboxylic acids is 1. The van der Waals surface area contributed by atoms with Crippen LogP contribution in [-0.4, -0.2) is 28.6 Å². The molecule has 0 saturated carbocycles. The highest BCUT2D eigenvalue weighted by atomic mass is 32.2. The van der Waals surface area contributed by atoms with E-state index in [0.717, 1.165) is 10.6 Å². The predicted octanol–water partition coefficient (Wildman–Crippen LogP) is 3.16. The third kappa shape index (κ3) is 2.90. The van der Waals surface area contributed by atoms with Gasteiger partial charge in [-0.05, 0) is 31.4 Å². The summed E-state index contributed by atoms with van der Waals surface area (Å²) < 4.78 is 0. The molecule has 2 unspecified atom stereocenters. The standard InChI is InChI=1S/C12H15NO2S2/c1-7-10(6-12(14)15)17-11-5-8(16-2)3-4-9(11)13-7/h3-5,7,10,13H,6H2,1-2H3,(H,14,15). The van der Waals surface area contributed by atoms with Crippen molar-refractivity contribution < 1.29 is 9.90 Å². The van der Waals surface area contributed by atoms with Gasteiger partial charge in [0.25, 0.3) is 0 Å². The number of benzene rings is 1. The SMILES string of the molecule is CSc1ccc2c(c1)SC(CC(=O)O)C(C)N2. The second-order valence-electron chi connectivity index (χ2n) is 4.05. The maximum absolute atomic E-state index is 10.8. The number of fused-ring (bicyclic) bond motifs is 1. The molecule has 0 spiro atoms. The molecule has 2 rings (SSSR count). The van der Waals surface area contributed by atoms with E-state index < -0.39 is 5.97 Å². The van der Waals surface area contributed by atoms with E-state index in [9.17, 15) is 4.79 Å². The molecule has 0 fully saturated rings. The highest BCUT2D eigenvalue weighted by Gasteiger charge is 2.27. The Labute approximate surface area is 109 Å². The maximum Gasteiger partial charge on any atom is 0.304 e. The summed E-state index contributed by atoms with van der Waals surface area (Å²) in [4.78, 5) is 13.2. The molecule has 0 bridgehead atoms. The first kappa shape index (κ1) is 12.6. The van der Waals surface area contributed by atoms with Crippen molar-refractivity contribution in [3.05, 3.63) is 18.2 Å².